The summed E-state index contributed by atoms with van der Waals surface area (Å²) in [5.41, 5.74) is 0.933. The Morgan fingerprint density at radius 3 is 2.53 bits per heavy atom. The summed E-state index contributed by atoms with van der Waals surface area (Å²) >= 11 is 3.36. The molecule has 3 aromatic rings. The van der Waals surface area contributed by atoms with Gasteiger partial charge in [0.25, 0.3) is 5.91 Å². The maximum Gasteiger partial charge on any atom is 0.287 e. The van der Waals surface area contributed by atoms with Gasteiger partial charge in [0.15, 0.2) is 5.76 Å². The van der Waals surface area contributed by atoms with Crippen molar-refractivity contribution < 1.29 is 22.9 Å². The number of furan rings is 1. The molecule has 6 nitrogen and oxygen atoms in total. The molecule has 0 fully saturated rings. The van der Waals surface area contributed by atoms with Gasteiger partial charge in [-0.15, -0.1) is 0 Å². The first kappa shape index (κ1) is 22.1. The average molecular weight is 492 g/mol. The SMILES string of the molecule is COc1ccc(OC)c(CCNC(=O)c2ccc(C[S@](=O)c3ccc(Br)cc3)o2)c1. The number of rotatable bonds is 9. The number of methoxy groups -OCH3 is 2. The highest BCUT2D eigenvalue weighted by molar-refractivity contribution is 9.10. The number of hydrogen-bond donors (Lipinski definition) is 1. The number of ether oxygens (including phenoxy) is 2. The Kier molecular flexibility index (Phi) is 7.70. The first-order valence-electron chi connectivity index (χ1n) is 9.22. The molecule has 1 N–H and O–H groups in total. The van der Waals surface area contributed by atoms with Gasteiger partial charge in [-0.2, -0.15) is 0 Å². The lowest BCUT2D eigenvalue weighted by Gasteiger charge is -2.10. The average Bonchev–Trinajstić information content (AvgIpc) is 3.22. The van der Waals surface area contributed by atoms with Gasteiger partial charge in [0, 0.05) is 15.9 Å². The van der Waals surface area contributed by atoms with Crippen molar-refractivity contribution in [2.45, 2.75) is 17.1 Å². The molecule has 0 aliphatic heterocycles. The second-order valence-electron chi connectivity index (χ2n) is 6.39. The molecule has 0 bridgehead atoms. The number of carbonyl (C=O) groups is 1. The lowest BCUT2D eigenvalue weighted by Crippen LogP contribution is -2.25. The minimum Gasteiger partial charge on any atom is -0.497 e. The van der Waals surface area contributed by atoms with E-state index >= 15 is 0 Å². The van der Waals surface area contributed by atoms with E-state index in [1.807, 2.05) is 30.3 Å². The highest BCUT2D eigenvalue weighted by Crippen LogP contribution is 2.24. The zero-order chi connectivity index (χ0) is 21.5. The molecular weight excluding hydrogens is 470 g/mol. The van der Waals surface area contributed by atoms with Gasteiger partial charge in [-0.3, -0.25) is 9.00 Å². The number of hydrogen-bond acceptors (Lipinski definition) is 5. The summed E-state index contributed by atoms with van der Waals surface area (Å²) in [7, 11) is 1.95. The maximum atomic E-state index is 12.5. The molecule has 1 atom stereocenters. The van der Waals surface area contributed by atoms with Crippen LogP contribution in [0.5, 0.6) is 11.5 Å². The number of nitrogens with one attached hydrogen (secondary N) is 1. The Balaban J connectivity index is 1.55. The van der Waals surface area contributed by atoms with Crippen LogP contribution in [0.4, 0.5) is 0 Å². The Hall–Kier alpha value is -2.58. The van der Waals surface area contributed by atoms with Gasteiger partial charge in [0.1, 0.15) is 17.3 Å². The zero-order valence-corrected chi connectivity index (χ0v) is 19.0. The minimum atomic E-state index is -1.25. The van der Waals surface area contributed by atoms with Gasteiger partial charge in [-0.05, 0) is 66.6 Å². The molecule has 1 heterocycles. The smallest absolute Gasteiger partial charge is 0.287 e. The maximum absolute atomic E-state index is 12.5. The topological polar surface area (TPSA) is 77.8 Å². The van der Waals surface area contributed by atoms with Crippen molar-refractivity contribution in [3.8, 4) is 11.5 Å². The molecule has 0 saturated carbocycles. The third-order valence-corrected chi connectivity index (χ3v) is 6.28. The van der Waals surface area contributed by atoms with E-state index in [0.29, 0.717) is 23.6 Å². The van der Waals surface area contributed by atoms with Gasteiger partial charge in [0.05, 0.1) is 30.8 Å². The van der Waals surface area contributed by atoms with Crippen molar-refractivity contribution in [2.75, 3.05) is 20.8 Å². The molecule has 30 heavy (non-hydrogen) atoms. The monoisotopic (exact) mass is 491 g/mol. The Morgan fingerprint density at radius 1 is 1.07 bits per heavy atom. The van der Waals surface area contributed by atoms with E-state index in [4.69, 9.17) is 13.9 Å². The van der Waals surface area contributed by atoms with Crippen LogP contribution in [0.2, 0.25) is 0 Å². The first-order chi connectivity index (χ1) is 14.5. The van der Waals surface area contributed by atoms with Crippen LogP contribution in [0.3, 0.4) is 0 Å². The van der Waals surface area contributed by atoms with Crippen molar-refractivity contribution >= 4 is 32.6 Å². The molecule has 8 heteroatoms. The number of carbonyl (C=O) groups excluding carboxylic acids is 1. The van der Waals surface area contributed by atoms with Crippen LogP contribution in [0.1, 0.15) is 21.9 Å². The van der Waals surface area contributed by atoms with Crippen LogP contribution in [0, 0.1) is 0 Å². The van der Waals surface area contributed by atoms with Gasteiger partial charge in [-0.1, -0.05) is 15.9 Å². The first-order valence-corrected chi connectivity index (χ1v) is 11.3. The fraction of sp³-hybridized carbons (Fsp3) is 0.227. The molecule has 1 aromatic heterocycles. The molecule has 0 spiro atoms. The van der Waals surface area contributed by atoms with Gasteiger partial charge >= 0.3 is 0 Å². The van der Waals surface area contributed by atoms with Crippen LogP contribution in [0.25, 0.3) is 0 Å². The van der Waals surface area contributed by atoms with Crippen LogP contribution in [0.15, 0.2) is 68.4 Å². The van der Waals surface area contributed by atoms with Crippen LogP contribution in [-0.2, 0) is 23.0 Å². The molecule has 2 aromatic carbocycles. The van der Waals surface area contributed by atoms with Gasteiger partial charge < -0.3 is 19.2 Å². The molecule has 0 aliphatic carbocycles. The summed E-state index contributed by atoms with van der Waals surface area (Å²) in [6.07, 6.45) is 0.577. The summed E-state index contributed by atoms with van der Waals surface area (Å²) < 4.78 is 29.6. The fourth-order valence-corrected chi connectivity index (χ4v) is 4.14. The van der Waals surface area contributed by atoms with Crippen LogP contribution >= 0.6 is 15.9 Å². The number of benzene rings is 2. The van der Waals surface area contributed by atoms with Crippen LogP contribution in [-0.4, -0.2) is 30.9 Å². The lowest BCUT2D eigenvalue weighted by atomic mass is 10.1. The molecule has 0 radical (unpaired) electrons. The summed E-state index contributed by atoms with van der Waals surface area (Å²) in [6.45, 7) is 0.406. The van der Waals surface area contributed by atoms with Gasteiger partial charge in [0.2, 0.25) is 0 Å². The Labute approximate surface area is 186 Å². The van der Waals surface area contributed by atoms with E-state index in [0.717, 1.165) is 21.5 Å². The van der Waals surface area contributed by atoms with Crippen molar-refractivity contribution in [1.29, 1.82) is 0 Å². The predicted molar refractivity (Wildman–Crippen MR) is 119 cm³/mol. The summed E-state index contributed by atoms with van der Waals surface area (Å²) in [5.74, 6) is 2.03. The minimum absolute atomic E-state index is 0.190. The molecule has 0 aliphatic rings. The summed E-state index contributed by atoms with van der Waals surface area (Å²) in [6, 6.07) is 16.1. The highest BCUT2D eigenvalue weighted by atomic mass is 79.9. The van der Waals surface area contributed by atoms with E-state index in [-0.39, 0.29) is 17.4 Å². The zero-order valence-electron chi connectivity index (χ0n) is 16.6. The summed E-state index contributed by atoms with van der Waals surface area (Å²) in [4.78, 5) is 13.1. The highest BCUT2D eigenvalue weighted by Gasteiger charge is 2.14. The summed E-state index contributed by atoms with van der Waals surface area (Å²) in [5, 5.41) is 2.83. The molecular formula is C22H22BrNO5S. The normalized spacial score (nSPS) is 11.7. The second kappa shape index (κ2) is 10.4. The predicted octanol–water partition coefficient (Wildman–Crippen LogP) is 4.34. The van der Waals surface area contributed by atoms with E-state index in [2.05, 4.69) is 21.2 Å². The molecule has 1 amide bonds. The van der Waals surface area contributed by atoms with E-state index < -0.39 is 10.8 Å². The van der Waals surface area contributed by atoms with Crippen molar-refractivity contribution in [2.24, 2.45) is 0 Å². The van der Waals surface area contributed by atoms with E-state index in [1.54, 1.807) is 38.5 Å². The van der Waals surface area contributed by atoms with Gasteiger partial charge in [-0.25, -0.2) is 0 Å². The molecule has 3 rings (SSSR count). The molecule has 0 saturated heterocycles. The third-order valence-electron chi connectivity index (χ3n) is 4.40. The van der Waals surface area contributed by atoms with Crippen molar-refractivity contribution in [3.05, 3.63) is 76.2 Å². The third kappa shape index (κ3) is 5.73. The fourth-order valence-electron chi connectivity index (χ4n) is 2.85. The molecule has 158 valence electrons. The standard InChI is InChI=1S/C22H22BrNO5S/c1-27-17-5-9-20(28-2)15(13-17)11-12-24-22(25)21-10-6-18(29-21)14-30(26)19-7-3-16(23)4-8-19/h3-10,13H,11-12,14H2,1-2H3,(H,24,25)/t30-/m0/s1. The number of halogens is 1. The molecule has 0 unspecified atom stereocenters. The van der Waals surface area contributed by atoms with E-state index in [1.165, 1.54) is 0 Å². The number of amides is 1. The van der Waals surface area contributed by atoms with E-state index in [9.17, 15) is 9.00 Å². The van der Waals surface area contributed by atoms with Crippen LogP contribution < -0.4 is 14.8 Å². The van der Waals surface area contributed by atoms with Crippen molar-refractivity contribution in [1.82, 2.24) is 5.32 Å². The van der Waals surface area contributed by atoms with Crippen molar-refractivity contribution in [3.63, 3.8) is 0 Å². The Morgan fingerprint density at radius 2 is 1.83 bits per heavy atom. The largest absolute Gasteiger partial charge is 0.497 e. The Bertz CT molecular complexity index is 1030. The lowest BCUT2D eigenvalue weighted by molar-refractivity contribution is 0.0925. The second-order valence-corrected chi connectivity index (χ2v) is 8.76. The quantitative estimate of drug-likeness (QED) is 0.481.